The Morgan fingerprint density at radius 3 is 2.90 bits per heavy atom. The first kappa shape index (κ1) is 5.53. The number of fused-ring (bicyclic) bond motifs is 1. The maximum atomic E-state index is 4.12. The number of H-pyrrole nitrogens is 2. The molecule has 2 aromatic heterocycles. The molecule has 0 aromatic carbocycles. The molecule has 0 aliphatic heterocycles. The Labute approximate surface area is 58.4 Å². The summed E-state index contributed by atoms with van der Waals surface area (Å²) in [5.74, 6) is 0. The SMILES string of the molecule is Cc1c[nH]c2c(C)[nH]nc12. The van der Waals surface area contributed by atoms with Crippen LogP contribution in [-0.4, -0.2) is 15.2 Å². The van der Waals surface area contributed by atoms with Crippen molar-refractivity contribution in [3.05, 3.63) is 17.5 Å². The largest absolute Gasteiger partial charge is 0.358 e. The first-order valence-corrected chi connectivity index (χ1v) is 3.27. The van der Waals surface area contributed by atoms with Crippen molar-refractivity contribution in [1.29, 1.82) is 0 Å². The number of aromatic amines is 2. The van der Waals surface area contributed by atoms with Crippen molar-refractivity contribution in [1.82, 2.24) is 15.2 Å². The van der Waals surface area contributed by atoms with Crippen LogP contribution in [0, 0.1) is 13.8 Å². The number of hydrogen-bond donors (Lipinski definition) is 2. The molecule has 2 aromatic rings. The van der Waals surface area contributed by atoms with Crippen molar-refractivity contribution >= 4 is 11.0 Å². The number of nitrogens with one attached hydrogen (secondary N) is 2. The van der Waals surface area contributed by atoms with Crippen LogP contribution in [-0.2, 0) is 0 Å². The van der Waals surface area contributed by atoms with Crippen molar-refractivity contribution in [2.24, 2.45) is 0 Å². The molecular weight excluding hydrogens is 126 g/mol. The molecular formula is C7H9N3. The number of hydrogen-bond acceptors (Lipinski definition) is 1. The number of aromatic nitrogens is 3. The Morgan fingerprint density at radius 2 is 2.20 bits per heavy atom. The second-order valence-electron chi connectivity index (χ2n) is 2.54. The molecule has 0 aliphatic rings. The highest BCUT2D eigenvalue weighted by atomic mass is 15.1. The molecule has 0 unspecified atom stereocenters. The van der Waals surface area contributed by atoms with Gasteiger partial charge in [0.2, 0.25) is 0 Å². The number of nitrogens with zero attached hydrogens (tertiary/aromatic N) is 1. The molecule has 52 valence electrons. The van der Waals surface area contributed by atoms with Gasteiger partial charge < -0.3 is 4.98 Å². The molecule has 0 saturated carbocycles. The average molecular weight is 135 g/mol. The molecule has 10 heavy (non-hydrogen) atoms. The lowest BCUT2D eigenvalue weighted by atomic mass is 10.3. The molecule has 3 nitrogen and oxygen atoms in total. The van der Waals surface area contributed by atoms with E-state index in [2.05, 4.69) is 15.2 Å². The van der Waals surface area contributed by atoms with Gasteiger partial charge in [0.05, 0.1) is 11.2 Å². The molecule has 3 heteroatoms. The summed E-state index contributed by atoms with van der Waals surface area (Å²) in [6.07, 6.45) is 1.97. The summed E-state index contributed by atoms with van der Waals surface area (Å²) in [5.41, 5.74) is 4.47. The van der Waals surface area contributed by atoms with Crippen LogP contribution >= 0.6 is 0 Å². The summed E-state index contributed by atoms with van der Waals surface area (Å²) in [6.45, 7) is 4.05. The lowest BCUT2D eigenvalue weighted by molar-refractivity contribution is 1.06. The van der Waals surface area contributed by atoms with E-state index >= 15 is 0 Å². The van der Waals surface area contributed by atoms with E-state index in [1.807, 2.05) is 20.0 Å². The summed E-state index contributed by atoms with van der Waals surface area (Å²) in [4.78, 5) is 3.14. The Balaban J connectivity index is 2.95. The first-order valence-electron chi connectivity index (χ1n) is 3.27. The zero-order valence-corrected chi connectivity index (χ0v) is 6.02. The van der Waals surface area contributed by atoms with Gasteiger partial charge in [0, 0.05) is 6.20 Å². The van der Waals surface area contributed by atoms with Crippen molar-refractivity contribution in [3.8, 4) is 0 Å². The van der Waals surface area contributed by atoms with Crippen LogP contribution in [0.5, 0.6) is 0 Å². The highest BCUT2D eigenvalue weighted by molar-refractivity contribution is 5.80. The van der Waals surface area contributed by atoms with Gasteiger partial charge >= 0.3 is 0 Å². The van der Waals surface area contributed by atoms with E-state index in [1.165, 1.54) is 5.56 Å². The Bertz CT molecular complexity index is 320. The van der Waals surface area contributed by atoms with Gasteiger partial charge in [-0.15, -0.1) is 0 Å². The van der Waals surface area contributed by atoms with Gasteiger partial charge in [0.25, 0.3) is 0 Å². The fourth-order valence-corrected chi connectivity index (χ4v) is 1.14. The van der Waals surface area contributed by atoms with E-state index in [0.717, 1.165) is 16.7 Å². The van der Waals surface area contributed by atoms with Crippen LogP contribution in [0.2, 0.25) is 0 Å². The third-order valence-corrected chi connectivity index (χ3v) is 1.75. The molecule has 0 bridgehead atoms. The van der Waals surface area contributed by atoms with Gasteiger partial charge in [-0.05, 0) is 19.4 Å². The van der Waals surface area contributed by atoms with Gasteiger partial charge in [-0.2, -0.15) is 5.10 Å². The first-order chi connectivity index (χ1) is 4.79. The minimum absolute atomic E-state index is 1.05. The highest BCUT2D eigenvalue weighted by Gasteiger charge is 2.03. The van der Waals surface area contributed by atoms with Crippen LogP contribution in [0.3, 0.4) is 0 Å². The van der Waals surface area contributed by atoms with Crippen LogP contribution in [0.1, 0.15) is 11.3 Å². The summed E-state index contributed by atoms with van der Waals surface area (Å²) in [6, 6.07) is 0. The maximum Gasteiger partial charge on any atom is 0.113 e. The maximum absolute atomic E-state index is 4.12. The molecule has 0 saturated heterocycles. The minimum Gasteiger partial charge on any atom is -0.358 e. The summed E-state index contributed by atoms with van der Waals surface area (Å²) < 4.78 is 0. The van der Waals surface area contributed by atoms with E-state index in [1.54, 1.807) is 0 Å². The number of aryl methyl sites for hydroxylation is 2. The predicted molar refractivity (Wildman–Crippen MR) is 39.9 cm³/mol. The fraction of sp³-hybridized carbons (Fsp3) is 0.286. The fourth-order valence-electron chi connectivity index (χ4n) is 1.14. The Morgan fingerprint density at radius 1 is 1.40 bits per heavy atom. The minimum atomic E-state index is 1.05. The molecule has 2 N–H and O–H groups in total. The lowest BCUT2D eigenvalue weighted by Crippen LogP contribution is -1.71. The molecule has 2 heterocycles. The summed E-state index contributed by atoms with van der Waals surface area (Å²) in [7, 11) is 0. The lowest BCUT2D eigenvalue weighted by Gasteiger charge is -1.77. The third kappa shape index (κ3) is 0.518. The molecule has 0 spiro atoms. The quantitative estimate of drug-likeness (QED) is 0.565. The molecule has 0 fully saturated rings. The summed E-state index contributed by atoms with van der Waals surface area (Å²) in [5, 5.41) is 7.04. The topological polar surface area (TPSA) is 44.5 Å². The summed E-state index contributed by atoms with van der Waals surface area (Å²) >= 11 is 0. The standard InChI is InChI=1S/C7H9N3/c1-4-3-8-7-5(2)9-10-6(4)7/h3,8H,1-2H3,(H,9,10). The second kappa shape index (κ2) is 1.62. The van der Waals surface area contributed by atoms with Crippen molar-refractivity contribution < 1.29 is 0 Å². The van der Waals surface area contributed by atoms with E-state index < -0.39 is 0 Å². The van der Waals surface area contributed by atoms with Crippen LogP contribution in [0.25, 0.3) is 11.0 Å². The van der Waals surface area contributed by atoms with Crippen molar-refractivity contribution in [2.45, 2.75) is 13.8 Å². The predicted octanol–water partition coefficient (Wildman–Crippen LogP) is 1.51. The molecule has 0 aliphatic carbocycles. The number of rotatable bonds is 0. The van der Waals surface area contributed by atoms with Crippen molar-refractivity contribution in [3.63, 3.8) is 0 Å². The van der Waals surface area contributed by atoms with Crippen LogP contribution in [0.4, 0.5) is 0 Å². The Kier molecular flexibility index (Phi) is 0.897. The normalized spacial score (nSPS) is 11.0. The molecule has 0 radical (unpaired) electrons. The van der Waals surface area contributed by atoms with E-state index in [9.17, 15) is 0 Å². The third-order valence-electron chi connectivity index (χ3n) is 1.75. The van der Waals surface area contributed by atoms with Gasteiger partial charge in [-0.25, -0.2) is 0 Å². The Hall–Kier alpha value is -1.25. The van der Waals surface area contributed by atoms with Gasteiger partial charge in [-0.1, -0.05) is 0 Å². The van der Waals surface area contributed by atoms with Crippen LogP contribution in [0.15, 0.2) is 6.20 Å². The van der Waals surface area contributed by atoms with Gasteiger partial charge in [0.15, 0.2) is 0 Å². The highest BCUT2D eigenvalue weighted by Crippen LogP contribution is 2.16. The van der Waals surface area contributed by atoms with E-state index in [4.69, 9.17) is 0 Å². The van der Waals surface area contributed by atoms with Crippen molar-refractivity contribution in [2.75, 3.05) is 0 Å². The van der Waals surface area contributed by atoms with Crippen LogP contribution < -0.4 is 0 Å². The zero-order chi connectivity index (χ0) is 7.14. The second-order valence-corrected chi connectivity index (χ2v) is 2.54. The van der Waals surface area contributed by atoms with E-state index in [0.29, 0.717) is 0 Å². The van der Waals surface area contributed by atoms with Gasteiger partial charge in [-0.3, -0.25) is 5.10 Å². The smallest absolute Gasteiger partial charge is 0.113 e. The average Bonchev–Trinajstić information content (AvgIpc) is 2.41. The molecule has 2 rings (SSSR count). The van der Waals surface area contributed by atoms with E-state index in [-0.39, 0.29) is 0 Å². The molecule has 0 atom stereocenters. The monoisotopic (exact) mass is 135 g/mol. The zero-order valence-electron chi connectivity index (χ0n) is 6.02. The van der Waals surface area contributed by atoms with Gasteiger partial charge in [0.1, 0.15) is 5.52 Å². The molecule has 0 amide bonds.